The maximum absolute atomic E-state index is 14.0. The lowest BCUT2D eigenvalue weighted by Crippen LogP contribution is -2.04. The summed E-state index contributed by atoms with van der Waals surface area (Å²) in [7, 11) is 0. The van der Waals surface area contributed by atoms with Gasteiger partial charge in [0.15, 0.2) is 5.78 Å². The van der Waals surface area contributed by atoms with Crippen molar-refractivity contribution < 1.29 is 9.18 Å². The Kier molecular flexibility index (Phi) is 3.10. The molecule has 0 fully saturated rings. The van der Waals surface area contributed by atoms with Crippen molar-refractivity contribution in [3.63, 3.8) is 0 Å². The molecule has 1 aromatic carbocycles. The van der Waals surface area contributed by atoms with E-state index in [0.29, 0.717) is 12.0 Å². The highest BCUT2D eigenvalue weighted by Gasteiger charge is 2.35. The first-order valence-electron chi connectivity index (χ1n) is 6.37. The summed E-state index contributed by atoms with van der Waals surface area (Å²) in [6, 6.07) is 5.15. The Hall–Kier alpha value is -0.960. The summed E-state index contributed by atoms with van der Waals surface area (Å²) in [6.07, 6.45) is 4.54. The van der Waals surface area contributed by atoms with Gasteiger partial charge >= 0.3 is 0 Å². The van der Waals surface area contributed by atoms with Crippen molar-refractivity contribution in [3.05, 3.63) is 45.2 Å². The molecular weight excluding hydrogens is 295 g/mol. The first kappa shape index (κ1) is 12.1. The van der Waals surface area contributed by atoms with E-state index in [-0.39, 0.29) is 17.5 Å². The van der Waals surface area contributed by atoms with Crippen molar-refractivity contribution in [1.82, 2.24) is 0 Å². The van der Waals surface area contributed by atoms with Gasteiger partial charge in [-0.05, 0) is 49.0 Å². The Morgan fingerprint density at radius 2 is 2.00 bits per heavy atom. The van der Waals surface area contributed by atoms with Crippen LogP contribution in [0.25, 0.3) is 0 Å². The smallest absolute Gasteiger partial charge is 0.159 e. The van der Waals surface area contributed by atoms with E-state index < -0.39 is 0 Å². The van der Waals surface area contributed by atoms with Crippen LogP contribution in [0.3, 0.4) is 0 Å². The third-order valence-corrected chi connectivity index (χ3v) is 4.49. The van der Waals surface area contributed by atoms with Crippen LogP contribution < -0.4 is 0 Å². The fourth-order valence-corrected chi connectivity index (χ4v) is 3.48. The SMILES string of the molecule is O=C1CC(c2ccc(Br)cc2F)C2=C1CCCC2. The second-order valence-electron chi connectivity index (χ2n) is 5.06. The maximum Gasteiger partial charge on any atom is 0.159 e. The number of ketones is 1. The fraction of sp³-hybridized carbons (Fsp3) is 0.400. The van der Waals surface area contributed by atoms with Gasteiger partial charge in [-0.2, -0.15) is 0 Å². The van der Waals surface area contributed by atoms with Gasteiger partial charge in [-0.1, -0.05) is 27.6 Å². The minimum atomic E-state index is -0.207. The largest absolute Gasteiger partial charge is 0.295 e. The summed E-state index contributed by atoms with van der Waals surface area (Å²) in [6.45, 7) is 0. The second-order valence-corrected chi connectivity index (χ2v) is 5.97. The van der Waals surface area contributed by atoms with Gasteiger partial charge in [0, 0.05) is 16.8 Å². The van der Waals surface area contributed by atoms with E-state index in [2.05, 4.69) is 15.9 Å². The molecule has 94 valence electrons. The number of benzene rings is 1. The molecular formula is C15H14BrFO. The van der Waals surface area contributed by atoms with Crippen LogP contribution in [0.1, 0.15) is 43.6 Å². The predicted octanol–water partition coefficient (Wildman–Crippen LogP) is 4.52. The van der Waals surface area contributed by atoms with Gasteiger partial charge in [-0.25, -0.2) is 4.39 Å². The molecule has 0 radical (unpaired) electrons. The zero-order chi connectivity index (χ0) is 12.7. The van der Waals surface area contributed by atoms with E-state index >= 15 is 0 Å². The normalized spacial score (nSPS) is 23.4. The van der Waals surface area contributed by atoms with Crippen LogP contribution in [0.2, 0.25) is 0 Å². The Bertz CT molecular complexity index is 547. The molecule has 0 N–H and O–H groups in total. The van der Waals surface area contributed by atoms with Crippen molar-refractivity contribution in [3.8, 4) is 0 Å². The third-order valence-electron chi connectivity index (χ3n) is 4.00. The lowest BCUT2D eigenvalue weighted by molar-refractivity contribution is -0.115. The average molecular weight is 309 g/mol. The zero-order valence-electron chi connectivity index (χ0n) is 10.0. The molecule has 1 unspecified atom stereocenters. The summed E-state index contributed by atoms with van der Waals surface area (Å²) in [5, 5.41) is 0. The first-order valence-corrected chi connectivity index (χ1v) is 7.16. The van der Waals surface area contributed by atoms with E-state index in [1.165, 1.54) is 11.6 Å². The number of rotatable bonds is 1. The zero-order valence-corrected chi connectivity index (χ0v) is 11.6. The molecule has 0 bridgehead atoms. The summed E-state index contributed by atoms with van der Waals surface area (Å²) in [4.78, 5) is 12.0. The van der Waals surface area contributed by atoms with Crippen LogP contribution in [0, 0.1) is 5.82 Å². The first-order chi connectivity index (χ1) is 8.66. The molecule has 3 rings (SSSR count). The predicted molar refractivity (Wildman–Crippen MR) is 72.0 cm³/mol. The molecule has 1 atom stereocenters. The molecule has 0 spiro atoms. The van der Waals surface area contributed by atoms with Crippen LogP contribution in [-0.2, 0) is 4.79 Å². The standard InChI is InChI=1S/C15H14BrFO/c16-9-5-6-11(14(17)7-9)13-8-15(18)12-4-2-1-3-10(12)13/h5-7,13H,1-4,8H2. The van der Waals surface area contributed by atoms with Crippen molar-refractivity contribution in [2.45, 2.75) is 38.0 Å². The van der Waals surface area contributed by atoms with Gasteiger partial charge in [0.05, 0.1) is 0 Å². The molecule has 1 aromatic rings. The van der Waals surface area contributed by atoms with Crippen molar-refractivity contribution in [2.24, 2.45) is 0 Å². The van der Waals surface area contributed by atoms with E-state index in [4.69, 9.17) is 0 Å². The maximum atomic E-state index is 14.0. The minimum Gasteiger partial charge on any atom is -0.295 e. The lowest BCUT2D eigenvalue weighted by Gasteiger charge is -2.19. The molecule has 0 saturated carbocycles. The third kappa shape index (κ3) is 1.95. The number of hydrogen-bond donors (Lipinski definition) is 0. The highest BCUT2D eigenvalue weighted by Crippen LogP contribution is 2.45. The average Bonchev–Trinajstić information content (AvgIpc) is 2.68. The molecule has 1 nitrogen and oxygen atoms in total. The highest BCUT2D eigenvalue weighted by atomic mass is 79.9. The van der Waals surface area contributed by atoms with Gasteiger partial charge in [0.2, 0.25) is 0 Å². The molecule has 3 heteroatoms. The van der Waals surface area contributed by atoms with Gasteiger partial charge in [0.25, 0.3) is 0 Å². The number of allylic oxidation sites excluding steroid dienone is 2. The van der Waals surface area contributed by atoms with Gasteiger partial charge in [-0.3, -0.25) is 4.79 Å². The molecule has 18 heavy (non-hydrogen) atoms. The minimum absolute atomic E-state index is 0.0131. The molecule has 0 amide bonds. The van der Waals surface area contributed by atoms with Crippen molar-refractivity contribution in [2.75, 3.05) is 0 Å². The van der Waals surface area contributed by atoms with Crippen LogP contribution >= 0.6 is 15.9 Å². The number of carbonyl (C=O) groups is 1. The van der Waals surface area contributed by atoms with Gasteiger partial charge in [-0.15, -0.1) is 0 Å². The summed E-state index contributed by atoms with van der Waals surface area (Å²) < 4.78 is 14.8. The van der Waals surface area contributed by atoms with Crippen molar-refractivity contribution >= 4 is 21.7 Å². The van der Waals surface area contributed by atoms with Crippen molar-refractivity contribution in [1.29, 1.82) is 0 Å². The highest BCUT2D eigenvalue weighted by molar-refractivity contribution is 9.10. The molecule has 0 saturated heterocycles. The fourth-order valence-electron chi connectivity index (χ4n) is 3.15. The summed E-state index contributed by atoms with van der Waals surface area (Å²) >= 11 is 3.27. The van der Waals surface area contributed by atoms with Gasteiger partial charge < -0.3 is 0 Å². The van der Waals surface area contributed by atoms with E-state index in [1.807, 2.05) is 12.1 Å². The topological polar surface area (TPSA) is 17.1 Å². The number of hydrogen-bond acceptors (Lipinski definition) is 1. The number of Topliss-reactive ketones (excluding diaryl/α,β-unsaturated/α-hetero) is 1. The number of halogens is 2. The van der Waals surface area contributed by atoms with E-state index in [0.717, 1.165) is 35.7 Å². The molecule has 0 aromatic heterocycles. The molecule has 0 heterocycles. The molecule has 2 aliphatic rings. The van der Waals surface area contributed by atoms with Crippen LogP contribution in [0.5, 0.6) is 0 Å². The molecule has 2 aliphatic carbocycles. The Balaban J connectivity index is 2.03. The Morgan fingerprint density at radius 1 is 1.22 bits per heavy atom. The quantitative estimate of drug-likeness (QED) is 0.745. The van der Waals surface area contributed by atoms with Crippen LogP contribution in [-0.4, -0.2) is 5.78 Å². The van der Waals surface area contributed by atoms with Crippen LogP contribution in [0.4, 0.5) is 4.39 Å². The Labute approximate surface area is 114 Å². The van der Waals surface area contributed by atoms with Crippen LogP contribution in [0.15, 0.2) is 33.8 Å². The Morgan fingerprint density at radius 3 is 2.78 bits per heavy atom. The van der Waals surface area contributed by atoms with Gasteiger partial charge in [0.1, 0.15) is 5.82 Å². The summed E-state index contributed by atoms with van der Waals surface area (Å²) in [5.41, 5.74) is 2.87. The lowest BCUT2D eigenvalue weighted by atomic mass is 9.85. The monoisotopic (exact) mass is 308 g/mol. The second kappa shape index (κ2) is 4.61. The summed E-state index contributed by atoms with van der Waals surface area (Å²) in [5.74, 6) is 0.0133. The van der Waals surface area contributed by atoms with E-state index in [1.54, 1.807) is 0 Å². The van der Waals surface area contributed by atoms with E-state index in [9.17, 15) is 9.18 Å². The number of carbonyl (C=O) groups excluding carboxylic acids is 1. The molecule has 0 aliphatic heterocycles.